The lowest BCUT2D eigenvalue weighted by molar-refractivity contribution is -0.163. The molecular weight excluding hydrogens is 415 g/mol. The molecule has 0 fully saturated rings. The summed E-state index contributed by atoms with van der Waals surface area (Å²) >= 11 is 0. The van der Waals surface area contributed by atoms with Crippen LogP contribution in [0.2, 0.25) is 0 Å². The van der Waals surface area contributed by atoms with Gasteiger partial charge in [-0.3, -0.25) is 9.59 Å². The SMILES string of the molecule is COC(=O)c1ccc(C(NC(=O)CNC(=O)c2c(F)cccc2F)C(F)(F)F)cc1. The Morgan fingerprint density at radius 2 is 1.57 bits per heavy atom. The number of hydrogen-bond donors (Lipinski definition) is 2. The van der Waals surface area contributed by atoms with E-state index in [0.29, 0.717) is 0 Å². The Balaban J connectivity index is 2.09. The summed E-state index contributed by atoms with van der Waals surface area (Å²) in [7, 11) is 1.11. The fraction of sp³-hybridized carbons (Fsp3) is 0.211. The maximum Gasteiger partial charge on any atom is 0.412 e. The highest BCUT2D eigenvalue weighted by Gasteiger charge is 2.42. The van der Waals surface area contributed by atoms with E-state index < -0.39 is 53.7 Å². The first-order chi connectivity index (χ1) is 14.0. The maximum absolute atomic E-state index is 13.5. The van der Waals surface area contributed by atoms with Crippen molar-refractivity contribution in [2.45, 2.75) is 12.2 Å². The maximum atomic E-state index is 13.5. The summed E-state index contributed by atoms with van der Waals surface area (Å²) in [5, 5.41) is 3.55. The van der Waals surface area contributed by atoms with Crippen molar-refractivity contribution in [2.24, 2.45) is 0 Å². The van der Waals surface area contributed by atoms with Crippen LogP contribution in [0.4, 0.5) is 22.0 Å². The Morgan fingerprint density at radius 1 is 1.00 bits per heavy atom. The predicted molar refractivity (Wildman–Crippen MR) is 93.4 cm³/mol. The van der Waals surface area contributed by atoms with Crippen LogP contribution in [-0.4, -0.2) is 37.6 Å². The van der Waals surface area contributed by atoms with Gasteiger partial charge in [-0.15, -0.1) is 0 Å². The summed E-state index contributed by atoms with van der Waals surface area (Å²) in [5.41, 5.74) is -1.33. The van der Waals surface area contributed by atoms with E-state index >= 15 is 0 Å². The van der Waals surface area contributed by atoms with Gasteiger partial charge in [0.2, 0.25) is 5.91 Å². The Bertz CT molecular complexity index is 925. The van der Waals surface area contributed by atoms with Gasteiger partial charge >= 0.3 is 12.1 Å². The molecule has 30 heavy (non-hydrogen) atoms. The Kier molecular flexibility index (Phi) is 7.09. The molecule has 0 saturated carbocycles. The highest BCUT2D eigenvalue weighted by Crippen LogP contribution is 2.32. The third-order valence-corrected chi connectivity index (χ3v) is 3.90. The Labute approximate surface area is 167 Å². The van der Waals surface area contributed by atoms with Crippen LogP contribution >= 0.6 is 0 Å². The van der Waals surface area contributed by atoms with Gasteiger partial charge in [-0.05, 0) is 29.8 Å². The quantitative estimate of drug-likeness (QED) is 0.545. The number of rotatable bonds is 6. The molecule has 0 bridgehead atoms. The monoisotopic (exact) mass is 430 g/mol. The minimum Gasteiger partial charge on any atom is -0.465 e. The van der Waals surface area contributed by atoms with E-state index in [4.69, 9.17) is 0 Å². The van der Waals surface area contributed by atoms with Gasteiger partial charge in [0.15, 0.2) is 6.04 Å². The zero-order valence-corrected chi connectivity index (χ0v) is 15.3. The Morgan fingerprint density at radius 3 is 2.07 bits per heavy atom. The van der Waals surface area contributed by atoms with Gasteiger partial charge < -0.3 is 15.4 Å². The van der Waals surface area contributed by atoms with E-state index in [-0.39, 0.29) is 11.1 Å². The van der Waals surface area contributed by atoms with E-state index in [0.717, 1.165) is 49.6 Å². The molecule has 1 atom stereocenters. The zero-order chi connectivity index (χ0) is 22.5. The van der Waals surface area contributed by atoms with E-state index in [2.05, 4.69) is 4.74 Å². The zero-order valence-electron chi connectivity index (χ0n) is 15.3. The van der Waals surface area contributed by atoms with Crippen molar-refractivity contribution in [3.05, 3.63) is 70.8 Å². The van der Waals surface area contributed by atoms with Crippen LogP contribution in [0.5, 0.6) is 0 Å². The summed E-state index contributed by atoms with van der Waals surface area (Å²) in [6.07, 6.45) is -4.90. The van der Waals surface area contributed by atoms with E-state index in [1.54, 1.807) is 5.32 Å². The van der Waals surface area contributed by atoms with Crippen molar-refractivity contribution < 1.29 is 41.1 Å². The molecule has 2 amide bonds. The highest BCUT2D eigenvalue weighted by molar-refractivity contribution is 5.97. The van der Waals surface area contributed by atoms with Crippen LogP contribution in [0.3, 0.4) is 0 Å². The summed E-state index contributed by atoms with van der Waals surface area (Å²) in [6.45, 7) is -0.959. The van der Waals surface area contributed by atoms with Crippen LogP contribution in [0, 0.1) is 11.6 Å². The van der Waals surface area contributed by atoms with E-state index in [1.165, 1.54) is 0 Å². The number of hydrogen-bond acceptors (Lipinski definition) is 4. The molecule has 6 nitrogen and oxygen atoms in total. The van der Waals surface area contributed by atoms with Gasteiger partial charge in [0.05, 0.1) is 19.2 Å². The third-order valence-electron chi connectivity index (χ3n) is 3.90. The fourth-order valence-electron chi connectivity index (χ4n) is 2.46. The normalized spacial score (nSPS) is 12.1. The van der Waals surface area contributed by atoms with E-state index in [9.17, 15) is 36.3 Å². The highest BCUT2D eigenvalue weighted by atomic mass is 19.4. The van der Waals surface area contributed by atoms with Crippen molar-refractivity contribution in [3.63, 3.8) is 0 Å². The molecule has 2 N–H and O–H groups in total. The first-order valence-corrected chi connectivity index (χ1v) is 8.31. The number of methoxy groups -OCH3 is 1. The van der Waals surface area contributed by atoms with Gasteiger partial charge in [0.1, 0.15) is 17.2 Å². The summed E-state index contributed by atoms with van der Waals surface area (Å²) < 4.78 is 71.6. The van der Waals surface area contributed by atoms with Gasteiger partial charge in [0, 0.05) is 0 Å². The second-order valence-corrected chi connectivity index (χ2v) is 5.94. The molecule has 2 aromatic rings. The number of halogens is 5. The van der Waals surface area contributed by atoms with Crippen molar-refractivity contribution >= 4 is 17.8 Å². The molecule has 0 heterocycles. The number of ether oxygens (including phenoxy) is 1. The average Bonchev–Trinajstić information content (AvgIpc) is 2.69. The summed E-state index contributed by atoms with van der Waals surface area (Å²) in [4.78, 5) is 35.1. The molecule has 0 spiro atoms. The minimum absolute atomic E-state index is 0.00711. The van der Waals surface area contributed by atoms with Gasteiger partial charge in [-0.1, -0.05) is 18.2 Å². The Hall–Kier alpha value is -3.50. The molecule has 0 saturated heterocycles. The molecule has 0 radical (unpaired) electrons. The van der Waals surface area contributed by atoms with Crippen molar-refractivity contribution in [1.29, 1.82) is 0 Å². The topological polar surface area (TPSA) is 84.5 Å². The largest absolute Gasteiger partial charge is 0.465 e. The number of nitrogens with one attached hydrogen (secondary N) is 2. The first kappa shape index (κ1) is 22.8. The lowest BCUT2D eigenvalue weighted by Crippen LogP contribution is -2.43. The minimum atomic E-state index is -4.90. The number of esters is 1. The van der Waals surface area contributed by atoms with Crippen LogP contribution in [0.1, 0.15) is 32.3 Å². The fourth-order valence-corrected chi connectivity index (χ4v) is 2.46. The molecule has 0 aliphatic carbocycles. The van der Waals surface area contributed by atoms with Crippen molar-refractivity contribution in [2.75, 3.05) is 13.7 Å². The number of carbonyl (C=O) groups is 3. The summed E-state index contributed by atoms with van der Waals surface area (Å²) in [5.74, 6) is -5.68. The molecule has 2 rings (SSSR count). The number of amides is 2. The predicted octanol–water partition coefficient (Wildman–Crippen LogP) is 2.90. The van der Waals surface area contributed by atoms with E-state index in [1.807, 2.05) is 5.32 Å². The lowest BCUT2D eigenvalue weighted by Gasteiger charge is -2.22. The van der Waals surface area contributed by atoms with Crippen molar-refractivity contribution in [3.8, 4) is 0 Å². The molecule has 2 aromatic carbocycles. The number of carbonyl (C=O) groups excluding carboxylic acids is 3. The van der Waals surface area contributed by atoms with Gasteiger partial charge in [-0.25, -0.2) is 13.6 Å². The number of benzene rings is 2. The molecule has 1 unspecified atom stereocenters. The molecule has 160 valence electrons. The van der Waals surface area contributed by atoms with Crippen LogP contribution in [0.25, 0.3) is 0 Å². The standard InChI is InChI=1S/C19H15F5N2O4/c1-30-18(29)11-7-5-10(6-8-11)16(19(22,23)24)26-14(27)9-25-17(28)15-12(20)3-2-4-13(15)21/h2-8,16H,9H2,1H3,(H,25,28)(H,26,27). The molecule has 0 aliphatic rings. The second-order valence-electron chi connectivity index (χ2n) is 5.94. The van der Waals surface area contributed by atoms with Crippen molar-refractivity contribution in [1.82, 2.24) is 10.6 Å². The smallest absolute Gasteiger partial charge is 0.412 e. The summed E-state index contributed by atoms with van der Waals surface area (Å²) in [6, 6.07) is 4.36. The third kappa shape index (κ3) is 5.52. The molecular formula is C19H15F5N2O4. The van der Waals surface area contributed by atoms with Gasteiger partial charge in [0.25, 0.3) is 5.91 Å². The van der Waals surface area contributed by atoms with Gasteiger partial charge in [-0.2, -0.15) is 13.2 Å². The molecule has 0 aliphatic heterocycles. The molecule has 11 heteroatoms. The lowest BCUT2D eigenvalue weighted by atomic mass is 10.0. The van der Waals surface area contributed by atoms with Crippen LogP contribution < -0.4 is 10.6 Å². The molecule has 0 aromatic heterocycles. The van der Waals surface area contributed by atoms with Crippen LogP contribution in [0.15, 0.2) is 42.5 Å². The van der Waals surface area contributed by atoms with Crippen LogP contribution in [-0.2, 0) is 9.53 Å². The second kappa shape index (κ2) is 9.33. The number of alkyl halides is 3. The first-order valence-electron chi connectivity index (χ1n) is 8.31. The average molecular weight is 430 g/mol.